The van der Waals surface area contributed by atoms with Crippen molar-refractivity contribution in [3.63, 3.8) is 0 Å². The summed E-state index contributed by atoms with van der Waals surface area (Å²) in [6, 6.07) is 4.19. The molecule has 206 valence electrons. The number of aliphatic hydroxyl groups is 1. The first-order valence-electron chi connectivity index (χ1n) is 13.1. The van der Waals surface area contributed by atoms with Gasteiger partial charge in [0.1, 0.15) is 18.2 Å². The minimum absolute atomic E-state index is 0.0139. The van der Waals surface area contributed by atoms with E-state index in [2.05, 4.69) is 29.1 Å². The number of aryl methyl sites for hydroxylation is 2. The fourth-order valence-corrected chi connectivity index (χ4v) is 7.37. The van der Waals surface area contributed by atoms with Gasteiger partial charge in [0, 0.05) is 17.1 Å². The summed E-state index contributed by atoms with van der Waals surface area (Å²) in [5, 5.41) is 10.4. The van der Waals surface area contributed by atoms with Gasteiger partial charge in [0.25, 0.3) is 5.91 Å². The van der Waals surface area contributed by atoms with Gasteiger partial charge in [0.2, 0.25) is 5.91 Å². The van der Waals surface area contributed by atoms with Crippen molar-refractivity contribution in [3.8, 4) is 0 Å². The van der Waals surface area contributed by atoms with Crippen molar-refractivity contribution in [2.24, 2.45) is 17.8 Å². The summed E-state index contributed by atoms with van der Waals surface area (Å²) in [5.41, 5.74) is 1.36. The Hall–Kier alpha value is -2.49. The lowest BCUT2D eigenvalue weighted by atomic mass is 9.70. The number of likely N-dealkylation sites (tertiary alicyclic amines) is 1. The van der Waals surface area contributed by atoms with E-state index < -0.39 is 41.6 Å². The Bertz CT molecular complexity index is 1140. The topological polar surface area (TPSA) is 96.4 Å². The third-order valence-corrected chi connectivity index (χ3v) is 8.97. The molecule has 3 saturated heterocycles. The number of carbonyl (C=O) groups is 3. The highest BCUT2D eigenvalue weighted by atomic mass is 79.9. The molecule has 3 fully saturated rings. The summed E-state index contributed by atoms with van der Waals surface area (Å²) in [7, 11) is 0. The Balaban J connectivity index is 1.87. The number of ether oxygens (including phenoxy) is 2. The molecule has 3 aliphatic heterocycles. The molecule has 0 saturated carbocycles. The van der Waals surface area contributed by atoms with Gasteiger partial charge in [-0.15, -0.1) is 6.58 Å². The van der Waals surface area contributed by atoms with Crippen molar-refractivity contribution in [2.45, 2.75) is 62.7 Å². The second-order valence-electron chi connectivity index (χ2n) is 10.8. The van der Waals surface area contributed by atoms with Crippen LogP contribution in [0.3, 0.4) is 0 Å². The predicted octanol–water partition coefficient (Wildman–Crippen LogP) is 3.32. The lowest BCUT2D eigenvalue weighted by Crippen LogP contribution is -2.60. The van der Waals surface area contributed by atoms with Crippen LogP contribution in [0.1, 0.15) is 31.4 Å². The molecule has 1 aromatic rings. The van der Waals surface area contributed by atoms with Crippen molar-refractivity contribution < 1.29 is 29.0 Å². The molecule has 0 aliphatic carbocycles. The lowest BCUT2D eigenvalue weighted by Gasteiger charge is -2.40. The number of alkyl halides is 1. The van der Waals surface area contributed by atoms with E-state index in [4.69, 9.17) is 9.47 Å². The molecule has 3 aliphatic rings. The normalized spacial score (nSPS) is 30.3. The molecular formula is C29H37BrN2O6. The van der Waals surface area contributed by atoms with Gasteiger partial charge in [-0.05, 0) is 43.4 Å². The van der Waals surface area contributed by atoms with E-state index in [1.165, 1.54) is 11.0 Å². The fraction of sp³-hybridized carbons (Fsp3) is 0.552. The van der Waals surface area contributed by atoms with E-state index in [-0.39, 0.29) is 42.3 Å². The Morgan fingerprint density at radius 2 is 2.03 bits per heavy atom. The second kappa shape index (κ2) is 10.9. The molecule has 3 unspecified atom stereocenters. The maximum absolute atomic E-state index is 14.7. The third-order valence-electron chi connectivity index (χ3n) is 8.12. The summed E-state index contributed by atoms with van der Waals surface area (Å²) < 4.78 is 11.9. The first kappa shape index (κ1) is 28.5. The molecular weight excluding hydrogens is 552 g/mol. The standard InChI is InChI=1S/C29H37BrN2O6/c1-7-11-31(20-13-17(5)9-10-18(20)6)27(35)25-29-14-19(30)24(38-29)22(28(36)37-12-8-2)23(29)26(34)32(25)21(15-33)16(3)4/h7-10,13,16,19,21-25,33H,1-2,11-12,14-15H2,3-6H3/t19?,21-,22+,23-,24+,25?,29?/m0/s1. The zero-order valence-corrected chi connectivity index (χ0v) is 24.0. The van der Waals surface area contributed by atoms with Crippen LogP contribution in [-0.2, 0) is 23.9 Å². The minimum atomic E-state index is -1.25. The van der Waals surface area contributed by atoms with Crippen molar-refractivity contribution in [3.05, 3.63) is 54.6 Å². The van der Waals surface area contributed by atoms with Gasteiger partial charge in [-0.1, -0.05) is 60.6 Å². The predicted molar refractivity (Wildman–Crippen MR) is 148 cm³/mol. The van der Waals surface area contributed by atoms with E-state index in [0.717, 1.165) is 16.8 Å². The van der Waals surface area contributed by atoms with Crippen molar-refractivity contribution >= 4 is 39.4 Å². The van der Waals surface area contributed by atoms with Crippen LogP contribution in [0.5, 0.6) is 0 Å². The molecule has 38 heavy (non-hydrogen) atoms. The number of aliphatic hydroxyl groups excluding tert-OH is 1. The number of fused-ring (bicyclic) bond motifs is 1. The number of nitrogens with zero attached hydrogens (tertiary/aromatic N) is 2. The second-order valence-corrected chi connectivity index (χ2v) is 12.0. The fourth-order valence-electron chi connectivity index (χ4n) is 6.42. The largest absolute Gasteiger partial charge is 0.461 e. The summed E-state index contributed by atoms with van der Waals surface area (Å²) in [6.45, 7) is 15.1. The number of hydrogen-bond acceptors (Lipinski definition) is 6. The first-order valence-corrected chi connectivity index (χ1v) is 14.0. The quantitative estimate of drug-likeness (QED) is 0.256. The van der Waals surface area contributed by atoms with E-state index >= 15 is 0 Å². The average molecular weight is 590 g/mol. The summed E-state index contributed by atoms with van der Waals surface area (Å²) in [6.07, 6.45) is 2.88. The van der Waals surface area contributed by atoms with E-state index in [0.29, 0.717) is 6.42 Å². The van der Waals surface area contributed by atoms with E-state index in [9.17, 15) is 19.5 Å². The van der Waals surface area contributed by atoms with Crippen LogP contribution in [0, 0.1) is 31.6 Å². The molecule has 0 radical (unpaired) electrons. The van der Waals surface area contributed by atoms with E-state index in [1.54, 1.807) is 11.0 Å². The van der Waals surface area contributed by atoms with Crippen LogP contribution in [0.4, 0.5) is 5.69 Å². The highest BCUT2D eigenvalue weighted by Crippen LogP contribution is 2.61. The number of benzene rings is 1. The van der Waals surface area contributed by atoms with Crippen molar-refractivity contribution in [2.75, 3.05) is 24.7 Å². The monoisotopic (exact) mass is 588 g/mol. The van der Waals surface area contributed by atoms with Gasteiger partial charge in [0.15, 0.2) is 0 Å². The molecule has 3 heterocycles. The summed E-state index contributed by atoms with van der Waals surface area (Å²) in [4.78, 5) is 45.0. The molecule has 1 N–H and O–H groups in total. The Labute approximate surface area is 232 Å². The average Bonchev–Trinajstić information content (AvgIpc) is 3.46. The van der Waals surface area contributed by atoms with Crippen LogP contribution in [0.25, 0.3) is 0 Å². The Morgan fingerprint density at radius 3 is 2.63 bits per heavy atom. The number of carbonyl (C=O) groups excluding carboxylic acids is 3. The first-order chi connectivity index (χ1) is 18.0. The van der Waals surface area contributed by atoms with E-state index in [1.807, 2.05) is 45.9 Å². The number of esters is 1. The molecule has 8 nitrogen and oxygen atoms in total. The van der Waals surface area contributed by atoms with Gasteiger partial charge < -0.3 is 24.4 Å². The highest BCUT2D eigenvalue weighted by Gasteiger charge is 2.77. The van der Waals surface area contributed by atoms with Gasteiger partial charge >= 0.3 is 5.97 Å². The molecule has 0 aromatic heterocycles. The number of anilines is 1. The molecule has 7 atom stereocenters. The molecule has 2 bridgehead atoms. The van der Waals surface area contributed by atoms with Crippen LogP contribution >= 0.6 is 15.9 Å². The summed E-state index contributed by atoms with van der Waals surface area (Å²) >= 11 is 3.66. The Morgan fingerprint density at radius 1 is 1.32 bits per heavy atom. The van der Waals surface area contributed by atoms with Crippen LogP contribution in [0.2, 0.25) is 0 Å². The molecule has 2 amide bonds. The van der Waals surface area contributed by atoms with Gasteiger partial charge in [-0.25, -0.2) is 0 Å². The minimum Gasteiger partial charge on any atom is -0.461 e. The number of hydrogen-bond donors (Lipinski definition) is 1. The smallest absolute Gasteiger partial charge is 0.312 e. The molecule has 4 rings (SSSR count). The number of rotatable bonds is 10. The van der Waals surface area contributed by atoms with Crippen molar-refractivity contribution in [1.29, 1.82) is 0 Å². The lowest BCUT2D eigenvalue weighted by molar-refractivity contribution is -0.155. The van der Waals surface area contributed by atoms with Crippen LogP contribution in [-0.4, -0.2) is 76.2 Å². The number of halogens is 1. The highest BCUT2D eigenvalue weighted by molar-refractivity contribution is 9.09. The molecule has 1 aromatic carbocycles. The van der Waals surface area contributed by atoms with Gasteiger partial charge in [-0.2, -0.15) is 0 Å². The Kier molecular flexibility index (Phi) is 8.21. The third kappa shape index (κ3) is 4.42. The maximum atomic E-state index is 14.7. The molecule has 9 heteroatoms. The van der Waals surface area contributed by atoms with Crippen LogP contribution in [0.15, 0.2) is 43.5 Å². The SMILES string of the molecule is C=CCOC(=O)[C@H]1[C@@H]2OC3(CC2Br)C(C(=O)N(CC=C)c2cc(C)ccc2C)N([C@@H](CO)C(C)C)C(=O)[C@H]13. The molecule has 1 spiro atoms. The zero-order chi connectivity index (χ0) is 27.9. The van der Waals surface area contributed by atoms with Crippen LogP contribution < -0.4 is 4.90 Å². The van der Waals surface area contributed by atoms with Gasteiger partial charge in [-0.3, -0.25) is 14.4 Å². The summed E-state index contributed by atoms with van der Waals surface area (Å²) in [5.74, 6) is -3.15. The number of amides is 2. The van der Waals surface area contributed by atoms with Gasteiger partial charge in [0.05, 0.1) is 30.6 Å². The maximum Gasteiger partial charge on any atom is 0.312 e. The van der Waals surface area contributed by atoms with Crippen molar-refractivity contribution in [1.82, 2.24) is 4.90 Å². The zero-order valence-electron chi connectivity index (χ0n) is 22.4.